The molecule has 0 spiro atoms. The summed E-state index contributed by atoms with van der Waals surface area (Å²) in [6.45, 7) is 1.80. The third kappa shape index (κ3) is 3.45. The van der Waals surface area contributed by atoms with E-state index in [4.69, 9.17) is 0 Å². The minimum atomic E-state index is -0.459. The van der Waals surface area contributed by atoms with E-state index >= 15 is 0 Å². The molecule has 1 amide bonds. The molecule has 20 heavy (non-hydrogen) atoms. The maximum atomic E-state index is 12.0. The number of rotatable bonds is 3. The van der Waals surface area contributed by atoms with Crippen LogP contribution >= 0.6 is 15.9 Å². The number of nitrogens with zero attached hydrogens (tertiary/aromatic N) is 1. The van der Waals surface area contributed by atoms with E-state index in [1.54, 1.807) is 13.0 Å². The van der Waals surface area contributed by atoms with Crippen LogP contribution in [-0.4, -0.2) is 16.7 Å². The normalized spacial score (nSPS) is 11.2. The second-order valence-electron chi connectivity index (χ2n) is 4.17. The summed E-state index contributed by atoms with van der Waals surface area (Å²) < 4.78 is 0.712. The third-order valence-electron chi connectivity index (χ3n) is 2.72. The molecule has 2 N–H and O–H groups in total. The Kier molecular flexibility index (Phi) is 4.53. The van der Waals surface area contributed by atoms with Crippen molar-refractivity contribution in [2.45, 2.75) is 6.92 Å². The van der Waals surface area contributed by atoms with E-state index < -0.39 is 5.91 Å². The molecule has 0 fully saturated rings. The van der Waals surface area contributed by atoms with Gasteiger partial charge < -0.3 is 5.11 Å². The number of nitrogens with one attached hydrogen (secondary N) is 1. The molecular formula is C15H13BrN2O2. The van der Waals surface area contributed by atoms with Crippen LogP contribution in [0.2, 0.25) is 0 Å². The van der Waals surface area contributed by atoms with Crippen molar-refractivity contribution in [3.63, 3.8) is 0 Å². The lowest BCUT2D eigenvalue weighted by atomic mass is 10.1. The molecule has 5 heteroatoms. The van der Waals surface area contributed by atoms with E-state index in [2.05, 4.69) is 26.5 Å². The van der Waals surface area contributed by atoms with Crippen molar-refractivity contribution in [3.8, 4) is 5.75 Å². The number of carbonyl (C=O) groups is 1. The average molecular weight is 333 g/mol. The number of phenolic OH excluding ortho intramolecular Hbond substituents is 1. The molecule has 0 atom stereocenters. The molecule has 0 radical (unpaired) electrons. The van der Waals surface area contributed by atoms with Crippen LogP contribution in [0.4, 0.5) is 0 Å². The Morgan fingerprint density at radius 3 is 2.60 bits per heavy atom. The first-order chi connectivity index (χ1) is 9.58. The van der Waals surface area contributed by atoms with Gasteiger partial charge in [-0.05, 0) is 30.7 Å². The van der Waals surface area contributed by atoms with Crippen LogP contribution < -0.4 is 5.43 Å². The summed E-state index contributed by atoms with van der Waals surface area (Å²) in [5, 5.41) is 13.7. The van der Waals surface area contributed by atoms with Crippen LogP contribution in [-0.2, 0) is 0 Å². The van der Waals surface area contributed by atoms with Gasteiger partial charge in [0.25, 0.3) is 5.91 Å². The van der Waals surface area contributed by atoms with E-state index in [-0.39, 0.29) is 11.3 Å². The number of aromatic hydroxyl groups is 1. The highest BCUT2D eigenvalue weighted by atomic mass is 79.9. The van der Waals surface area contributed by atoms with Gasteiger partial charge in [-0.15, -0.1) is 0 Å². The van der Waals surface area contributed by atoms with Crippen LogP contribution in [0.15, 0.2) is 58.1 Å². The van der Waals surface area contributed by atoms with Crippen LogP contribution in [0.3, 0.4) is 0 Å². The number of halogens is 1. The molecule has 0 bridgehead atoms. The van der Waals surface area contributed by atoms with Gasteiger partial charge in [-0.3, -0.25) is 4.79 Å². The van der Waals surface area contributed by atoms with Gasteiger partial charge >= 0.3 is 0 Å². The van der Waals surface area contributed by atoms with Crippen molar-refractivity contribution in [1.82, 2.24) is 5.43 Å². The predicted molar refractivity (Wildman–Crippen MR) is 81.9 cm³/mol. The summed E-state index contributed by atoms with van der Waals surface area (Å²) in [6, 6.07) is 14.2. The first kappa shape index (κ1) is 14.3. The van der Waals surface area contributed by atoms with E-state index in [1.165, 1.54) is 12.1 Å². The van der Waals surface area contributed by atoms with Crippen molar-refractivity contribution in [2.75, 3.05) is 0 Å². The Labute approximate surface area is 125 Å². The lowest BCUT2D eigenvalue weighted by Crippen LogP contribution is -2.19. The smallest absolute Gasteiger partial charge is 0.275 e. The number of amides is 1. The highest BCUT2D eigenvalue weighted by Gasteiger charge is 2.11. The van der Waals surface area contributed by atoms with Gasteiger partial charge in [0.1, 0.15) is 5.75 Å². The van der Waals surface area contributed by atoms with Crippen molar-refractivity contribution >= 4 is 27.5 Å². The fourth-order valence-electron chi connectivity index (χ4n) is 1.63. The Balaban J connectivity index is 2.14. The van der Waals surface area contributed by atoms with Crippen molar-refractivity contribution in [1.29, 1.82) is 0 Å². The minimum Gasteiger partial charge on any atom is -0.507 e. The van der Waals surface area contributed by atoms with Gasteiger partial charge in [-0.1, -0.05) is 46.3 Å². The molecule has 0 aliphatic heterocycles. The number of hydrazone groups is 1. The standard InChI is InChI=1S/C15H13BrN2O2/c1-10(11-5-3-2-4-6-11)17-18-15(20)13-9-12(16)7-8-14(13)19/h2-9,19H,1H3,(H,18,20)/b17-10-. The van der Waals surface area contributed by atoms with Gasteiger partial charge in [0.05, 0.1) is 11.3 Å². The molecule has 102 valence electrons. The molecule has 0 unspecified atom stereocenters. The summed E-state index contributed by atoms with van der Waals surface area (Å²) in [4.78, 5) is 12.0. The second kappa shape index (κ2) is 6.34. The predicted octanol–water partition coefficient (Wildman–Crippen LogP) is 3.31. The maximum Gasteiger partial charge on any atom is 0.275 e. The van der Waals surface area contributed by atoms with Crippen LogP contribution in [0.25, 0.3) is 0 Å². The first-order valence-corrected chi connectivity index (χ1v) is 6.76. The van der Waals surface area contributed by atoms with Crippen molar-refractivity contribution < 1.29 is 9.90 Å². The third-order valence-corrected chi connectivity index (χ3v) is 3.21. The van der Waals surface area contributed by atoms with E-state index in [0.29, 0.717) is 10.2 Å². The molecule has 0 saturated carbocycles. The monoisotopic (exact) mass is 332 g/mol. The van der Waals surface area contributed by atoms with Crippen LogP contribution in [0, 0.1) is 0 Å². The summed E-state index contributed by atoms with van der Waals surface area (Å²) in [5.41, 5.74) is 4.21. The Hall–Kier alpha value is -2.14. The summed E-state index contributed by atoms with van der Waals surface area (Å²) >= 11 is 3.25. The molecule has 2 rings (SSSR count). The average Bonchev–Trinajstić information content (AvgIpc) is 2.47. The van der Waals surface area contributed by atoms with Crippen LogP contribution in [0.1, 0.15) is 22.8 Å². The molecule has 0 heterocycles. The maximum absolute atomic E-state index is 12.0. The Bertz CT molecular complexity index is 654. The molecule has 0 saturated heterocycles. The van der Waals surface area contributed by atoms with E-state index in [0.717, 1.165) is 5.56 Å². The van der Waals surface area contributed by atoms with Crippen LogP contribution in [0.5, 0.6) is 5.75 Å². The fraction of sp³-hybridized carbons (Fsp3) is 0.0667. The molecule has 0 aliphatic carbocycles. The van der Waals surface area contributed by atoms with Crippen molar-refractivity contribution in [3.05, 3.63) is 64.1 Å². The number of carbonyl (C=O) groups excluding carboxylic acids is 1. The lowest BCUT2D eigenvalue weighted by Gasteiger charge is -2.05. The zero-order valence-corrected chi connectivity index (χ0v) is 12.4. The highest BCUT2D eigenvalue weighted by Crippen LogP contribution is 2.21. The lowest BCUT2D eigenvalue weighted by molar-refractivity contribution is 0.0952. The molecule has 0 aromatic heterocycles. The minimum absolute atomic E-state index is 0.0849. The molecule has 2 aromatic carbocycles. The highest BCUT2D eigenvalue weighted by molar-refractivity contribution is 9.10. The summed E-state index contributed by atoms with van der Waals surface area (Å²) in [7, 11) is 0. The Morgan fingerprint density at radius 2 is 1.90 bits per heavy atom. The largest absolute Gasteiger partial charge is 0.507 e. The number of phenols is 1. The van der Waals surface area contributed by atoms with Gasteiger partial charge in [-0.25, -0.2) is 5.43 Å². The van der Waals surface area contributed by atoms with Gasteiger partial charge in [-0.2, -0.15) is 5.10 Å². The molecule has 0 aliphatic rings. The number of hydrogen-bond donors (Lipinski definition) is 2. The quantitative estimate of drug-likeness (QED) is 0.669. The summed E-state index contributed by atoms with van der Waals surface area (Å²) in [5.74, 6) is -0.544. The first-order valence-electron chi connectivity index (χ1n) is 5.96. The molecule has 2 aromatic rings. The second-order valence-corrected chi connectivity index (χ2v) is 5.08. The summed E-state index contributed by atoms with van der Waals surface area (Å²) in [6.07, 6.45) is 0. The zero-order valence-electron chi connectivity index (χ0n) is 10.8. The van der Waals surface area contributed by atoms with Crippen molar-refractivity contribution in [2.24, 2.45) is 5.10 Å². The topological polar surface area (TPSA) is 61.7 Å². The van der Waals surface area contributed by atoms with Gasteiger partial charge in [0, 0.05) is 4.47 Å². The molecule has 4 nitrogen and oxygen atoms in total. The zero-order chi connectivity index (χ0) is 14.5. The fourth-order valence-corrected chi connectivity index (χ4v) is 1.99. The van der Waals surface area contributed by atoms with E-state index in [9.17, 15) is 9.90 Å². The SMILES string of the molecule is C/C(=N/NC(=O)c1cc(Br)ccc1O)c1ccccc1. The Morgan fingerprint density at radius 1 is 1.20 bits per heavy atom. The number of hydrogen-bond acceptors (Lipinski definition) is 3. The number of benzene rings is 2. The van der Waals surface area contributed by atoms with Gasteiger partial charge in [0.2, 0.25) is 0 Å². The van der Waals surface area contributed by atoms with Gasteiger partial charge in [0.15, 0.2) is 0 Å². The molecular weight excluding hydrogens is 320 g/mol. The van der Waals surface area contributed by atoms with E-state index in [1.807, 2.05) is 30.3 Å².